The molecule has 3 aromatic carbocycles. The predicted octanol–water partition coefficient (Wildman–Crippen LogP) is 5.28. The second-order valence-electron chi connectivity index (χ2n) is 9.26. The summed E-state index contributed by atoms with van der Waals surface area (Å²) >= 11 is 3.46. The van der Waals surface area contributed by atoms with Crippen molar-refractivity contribution in [3.63, 3.8) is 0 Å². The topological polar surface area (TPSA) is 86.8 Å². The molecule has 0 aliphatic heterocycles. The van der Waals surface area contributed by atoms with Gasteiger partial charge in [-0.1, -0.05) is 71.4 Å². The molecule has 3 rings (SSSR count). The number of benzene rings is 3. The number of aryl methyl sites for hydroxylation is 1. The molecule has 38 heavy (non-hydrogen) atoms. The highest BCUT2D eigenvalue weighted by molar-refractivity contribution is 9.10. The molecule has 3 aromatic rings. The lowest BCUT2D eigenvalue weighted by atomic mass is 10.1. The van der Waals surface area contributed by atoms with Gasteiger partial charge in [-0.25, -0.2) is 8.42 Å². The molecule has 2 atom stereocenters. The Morgan fingerprint density at radius 3 is 2.24 bits per heavy atom. The maximum absolute atomic E-state index is 13.9. The number of sulfonamides is 1. The van der Waals surface area contributed by atoms with Crippen LogP contribution in [-0.2, 0) is 26.2 Å². The molecule has 0 aromatic heterocycles. The van der Waals surface area contributed by atoms with Gasteiger partial charge in [0, 0.05) is 17.1 Å². The molecule has 0 fully saturated rings. The molecule has 2 amide bonds. The van der Waals surface area contributed by atoms with Gasteiger partial charge in [-0.15, -0.1) is 0 Å². The van der Waals surface area contributed by atoms with Crippen LogP contribution in [0.4, 0.5) is 5.69 Å². The van der Waals surface area contributed by atoms with Crippen LogP contribution < -0.4 is 9.62 Å². The van der Waals surface area contributed by atoms with E-state index < -0.39 is 28.5 Å². The van der Waals surface area contributed by atoms with Gasteiger partial charge in [0.25, 0.3) is 10.0 Å². The zero-order valence-corrected chi connectivity index (χ0v) is 24.5. The number of anilines is 1. The van der Waals surface area contributed by atoms with Crippen LogP contribution in [-0.4, -0.2) is 43.8 Å². The van der Waals surface area contributed by atoms with Crippen LogP contribution in [0.3, 0.4) is 0 Å². The fraction of sp³-hybridized carbons (Fsp3) is 0.310. The molecule has 0 heterocycles. The molecule has 0 radical (unpaired) electrons. The van der Waals surface area contributed by atoms with E-state index in [2.05, 4.69) is 21.2 Å². The Morgan fingerprint density at radius 1 is 0.947 bits per heavy atom. The van der Waals surface area contributed by atoms with Gasteiger partial charge < -0.3 is 10.2 Å². The Balaban J connectivity index is 2.03. The second-order valence-corrected chi connectivity index (χ2v) is 12.0. The molecule has 0 unspecified atom stereocenters. The lowest BCUT2D eigenvalue weighted by molar-refractivity contribution is -0.139. The van der Waals surface area contributed by atoms with Gasteiger partial charge in [-0.2, -0.15) is 0 Å². The number of halogens is 1. The minimum atomic E-state index is -4.08. The van der Waals surface area contributed by atoms with Crippen molar-refractivity contribution in [1.29, 1.82) is 0 Å². The Morgan fingerprint density at radius 2 is 1.61 bits per heavy atom. The van der Waals surface area contributed by atoms with Gasteiger partial charge in [0.15, 0.2) is 0 Å². The normalized spacial score (nSPS) is 12.9. The molecular formula is C29H34BrN3O4S. The van der Waals surface area contributed by atoms with E-state index in [1.165, 1.54) is 17.0 Å². The van der Waals surface area contributed by atoms with Crippen LogP contribution in [0.25, 0.3) is 0 Å². The van der Waals surface area contributed by atoms with E-state index in [1.807, 2.05) is 44.2 Å². The smallest absolute Gasteiger partial charge is 0.264 e. The van der Waals surface area contributed by atoms with Crippen molar-refractivity contribution in [3.8, 4) is 0 Å². The van der Waals surface area contributed by atoms with Crippen LogP contribution in [0, 0.1) is 6.92 Å². The number of hydrogen-bond donors (Lipinski definition) is 1. The van der Waals surface area contributed by atoms with E-state index in [1.54, 1.807) is 50.2 Å². The third kappa shape index (κ3) is 7.23. The first kappa shape index (κ1) is 29.4. The molecule has 202 valence electrons. The number of nitrogens with one attached hydrogen (secondary N) is 1. The van der Waals surface area contributed by atoms with Crippen molar-refractivity contribution < 1.29 is 18.0 Å². The van der Waals surface area contributed by atoms with E-state index >= 15 is 0 Å². The van der Waals surface area contributed by atoms with Crippen molar-refractivity contribution in [2.75, 3.05) is 10.8 Å². The van der Waals surface area contributed by atoms with Gasteiger partial charge in [-0.05, 0) is 68.7 Å². The van der Waals surface area contributed by atoms with Gasteiger partial charge in [0.05, 0.1) is 10.6 Å². The van der Waals surface area contributed by atoms with E-state index in [0.29, 0.717) is 11.3 Å². The summed E-state index contributed by atoms with van der Waals surface area (Å²) in [6.07, 6.45) is 0.744. The Bertz CT molecular complexity index is 1370. The lowest BCUT2D eigenvalue weighted by Gasteiger charge is -2.33. The van der Waals surface area contributed by atoms with Gasteiger partial charge in [0.1, 0.15) is 12.6 Å². The number of carbonyl (C=O) groups is 2. The van der Waals surface area contributed by atoms with Gasteiger partial charge in [-0.3, -0.25) is 13.9 Å². The second kappa shape index (κ2) is 13.1. The number of hydrogen-bond acceptors (Lipinski definition) is 4. The molecule has 9 heteroatoms. The highest BCUT2D eigenvalue weighted by Gasteiger charge is 2.33. The largest absolute Gasteiger partial charge is 0.352 e. The molecular weight excluding hydrogens is 566 g/mol. The molecule has 1 N–H and O–H groups in total. The van der Waals surface area contributed by atoms with E-state index in [0.717, 1.165) is 20.8 Å². The minimum absolute atomic E-state index is 0.0605. The summed E-state index contributed by atoms with van der Waals surface area (Å²) in [5, 5.41) is 2.94. The fourth-order valence-electron chi connectivity index (χ4n) is 3.96. The third-order valence-corrected chi connectivity index (χ3v) is 8.67. The molecule has 0 saturated heterocycles. The van der Waals surface area contributed by atoms with E-state index in [4.69, 9.17) is 0 Å². The predicted molar refractivity (Wildman–Crippen MR) is 154 cm³/mol. The Hall–Kier alpha value is -3.17. The van der Waals surface area contributed by atoms with E-state index in [-0.39, 0.29) is 23.4 Å². The first-order valence-corrected chi connectivity index (χ1v) is 14.8. The highest BCUT2D eigenvalue weighted by Crippen LogP contribution is 2.27. The summed E-state index contributed by atoms with van der Waals surface area (Å²) in [6, 6.07) is 21.7. The molecule has 0 aliphatic carbocycles. The molecule has 7 nitrogen and oxygen atoms in total. The van der Waals surface area contributed by atoms with Crippen LogP contribution in [0.2, 0.25) is 0 Å². The molecule has 0 bridgehead atoms. The van der Waals surface area contributed by atoms with Crippen LogP contribution in [0.15, 0.2) is 88.2 Å². The summed E-state index contributed by atoms with van der Waals surface area (Å²) in [6.45, 7) is 7.01. The maximum atomic E-state index is 13.9. The highest BCUT2D eigenvalue weighted by atomic mass is 79.9. The minimum Gasteiger partial charge on any atom is -0.352 e. The zero-order valence-electron chi connectivity index (χ0n) is 22.1. The van der Waals surface area contributed by atoms with Crippen molar-refractivity contribution in [2.24, 2.45) is 0 Å². The van der Waals surface area contributed by atoms with Gasteiger partial charge in [0.2, 0.25) is 11.8 Å². The first-order valence-electron chi connectivity index (χ1n) is 12.5. The molecule has 0 saturated carbocycles. The average molecular weight is 601 g/mol. The van der Waals surface area contributed by atoms with Crippen LogP contribution in [0.1, 0.15) is 38.3 Å². The summed E-state index contributed by atoms with van der Waals surface area (Å²) in [5.41, 5.74) is 1.92. The zero-order chi connectivity index (χ0) is 27.9. The summed E-state index contributed by atoms with van der Waals surface area (Å²) in [4.78, 5) is 28.5. The van der Waals surface area contributed by atoms with Crippen molar-refractivity contribution in [2.45, 2.75) is 57.6 Å². The van der Waals surface area contributed by atoms with Crippen molar-refractivity contribution in [1.82, 2.24) is 10.2 Å². The first-order chi connectivity index (χ1) is 18.0. The summed E-state index contributed by atoms with van der Waals surface area (Å²) in [5.74, 6) is -0.782. The number of nitrogens with zero attached hydrogens (tertiary/aromatic N) is 2. The Labute approximate surface area is 234 Å². The van der Waals surface area contributed by atoms with Crippen molar-refractivity contribution >= 4 is 43.5 Å². The standard InChI is InChI=1S/C29H34BrN3O4S/c1-5-22(3)31-29(35)23(4)32(19-24-13-11-14-25(30)18-24)28(34)20-33(27-17-10-9-12-21(27)2)38(36,37)26-15-7-6-8-16-26/h6-18,22-23H,5,19-20H2,1-4H3,(H,31,35)/t22-,23-/m1/s1. The molecule has 0 aliphatic rings. The van der Waals surface area contributed by atoms with Crippen LogP contribution in [0.5, 0.6) is 0 Å². The summed E-state index contributed by atoms with van der Waals surface area (Å²) in [7, 11) is -4.08. The molecule has 0 spiro atoms. The van der Waals surface area contributed by atoms with Gasteiger partial charge >= 0.3 is 0 Å². The van der Waals surface area contributed by atoms with Crippen molar-refractivity contribution in [3.05, 3.63) is 94.5 Å². The monoisotopic (exact) mass is 599 g/mol. The quantitative estimate of drug-likeness (QED) is 0.324. The summed E-state index contributed by atoms with van der Waals surface area (Å²) < 4.78 is 29.6. The number of carbonyl (C=O) groups excluding carboxylic acids is 2. The number of rotatable bonds is 11. The number of para-hydroxylation sites is 1. The average Bonchev–Trinajstić information content (AvgIpc) is 2.90. The maximum Gasteiger partial charge on any atom is 0.264 e. The number of amides is 2. The van der Waals surface area contributed by atoms with E-state index in [9.17, 15) is 18.0 Å². The SMILES string of the molecule is CC[C@@H](C)NC(=O)[C@@H](C)N(Cc1cccc(Br)c1)C(=O)CN(c1ccccc1C)S(=O)(=O)c1ccccc1. The lowest BCUT2D eigenvalue weighted by Crippen LogP contribution is -2.52. The van der Waals surface area contributed by atoms with Crippen LogP contribution >= 0.6 is 15.9 Å². The fourth-order valence-corrected chi connectivity index (χ4v) is 5.90. The third-order valence-electron chi connectivity index (χ3n) is 6.40. The Kier molecular flexibility index (Phi) is 10.1.